The van der Waals surface area contributed by atoms with Crippen molar-refractivity contribution in [3.8, 4) is 17.2 Å². The van der Waals surface area contributed by atoms with Crippen LogP contribution in [-0.4, -0.2) is 24.7 Å². The predicted molar refractivity (Wildman–Crippen MR) is 110 cm³/mol. The highest BCUT2D eigenvalue weighted by Crippen LogP contribution is 2.27. The van der Waals surface area contributed by atoms with Crippen molar-refractivity contribution in [2.45, 2.75) is 6.54 Å². The topological polar surface area (TPSA) is 71.4 Å². The van der Waals surface area contributed by atoms with Gasteiger partial charge in [0.15, 0.2) is 5.82 Å². The molecule has 2 aromatic carbocycles. The molecule has 0 saturated carbocycles. The van der Waals surface area contributed by atoms with E-state index >= 15 is 0 Å². The van der Waals surface area contributed by atoms with Crippen LogP contribution in [0, 0.1) is 0 Å². The third-order valence-corrected chi connectivity index (χ3v) is 4.60. The molecule has 0 aliphatic rings. The Morgan fingerprint density at radius 2 is 1.82 bits per heavy atom. The molecule has 0 saturated heterocycles. The molecule has 0 fully saturated rings. The van der Waals surface area contributed by atoms with Crippen LogP contribution < -0.4 is 5.32 Å². The number of hydrogen-bond donors (Lipinski definition) is 2. The fourth-order valence-electron chi connectivity index (χ4n) is 3.25. The van der Waals surface area contributed by atoms with Crippen LogP contribution in [0.4, 0.5) is 5.69 Å². The molecule has 28 heavy (non-hydrogen) atoms. The van der Waals surface area contributed by atoms with Crippen molar-refractivity contribution >= 4 is 16.7 Å². The first-order valence-corrected chi connectivity index (χ1v) is 9.10. The smallest absolute Gasteiger partial charge is 0.157 e. The second-order valence-corrected chi connectivity index (χ2v) is 6.47. The molecule has 5 aromatic rings. The van der Waals surface area contributed by atoms with Gasteiger partial charge in [0, 0.05) is 18.9 Å². The Labute approximate surface area is 161 Å². The van der Waals surface area contributed by atoms with Crippen molar-refractivity contribution in [2.75, 3.05) is 5.32 Å². The number of anilines is 1. The molecule has 136 valence electrons. The Bertz CT molecular complexity index is 1210. The van der Waals surface area contributed by atoms with Gasteiger partial charge in [0.2, 0.25) is 0 Å². The standard InChI is InChI=1S/C22H18N6/c1-2-7-17(8-3-1)28-20(11-13-25-28)22-26-19-10-4-9-18(21(19)27-22)24-15-16-6-5-12-23-14-16/h1-14,24H,15H2,(H,26,27). The van der Waals surface area contributed by atoms with Crippen LogP contribution in [0.25, 0.3) is 28.2 Å². The van der Waals surface area contributed by atoms with E-state index in [4.69, 9.17) is 4.98 Å². The summed E-state index contributed by atoms with van der Waals surface area (Å²) in [6, 6.07) is 22.1. The zero-order valence-corrected chi connectivity index (χ0v) is 15.1. The number of nitrogens with one attached hydrogen (secondary N) is 2. The number of pyridine rings is 1. The molecule has 0 aliphatic heterocycles. The Hall–Kier alpha value is -3.93. The summed E-state index contributed by atoms with van der Waals surface area (Å²) in [6.07, 6.45) is 5.43. The molecule has 0 unspecified atom stereocenters. The summed E-state index contributed by atoms with van der Waals surface area (Å²) in [5.74, 6) is 0.784. The number of para-hydroxylation sites is 2. The molecule has 0 atom stereocenters. The first-order valence-electron chi connectivity index (χ1n) is 9.10. The number of fused-ring (bicyclic) bond motifs is 1. The number of benzene rings is 2. The van der Waals surface area contributed by atoms with Gasteiger partial charge in [0.05, 0.1) is 23.1 Å². The van der Waals surface area contributed by atoms with E-state index in [0.717, 1.165) is 39.5 Å². The third kappa shape index (κ3) is 3.01. The number of nitrogens with zero attached hydrogens (tertiary/aromatic N) is 4. The lowest BCUT2D eigenvalue weighted by atomic mass is 10.2. The van der Waals surface area contributed by atoms with Crippen molar-refractivity contribution < 1.29 is 0 Å². The molecule has 0 bridgehead atoms. The monoisotopic (exact) mass is 366 g/mol. The lowest BCUT2D eigenvalue weighted by Gasteiger charge is -2.06. The first kappa shape index (κ1) is 16.3. The van der Waals surface area contributed by atoms with Gasteiger partial charge >= 0.3 is 0 Å². The molecule has 5 rings (SSSR count). The molecule has 0 amide bonds. The Balaban J connectivity index is 1.51. The van der Waals surface area contributed by atoms with Crippen molar-refractivity contribution in [3.63, 3.8) is 0 Å². The number of aromatic amines is 1. The minimum Gasteiger partial charge on any atom is -0.379 e. The van der Waals surface area contributed by atoms with E-state index in [0.29, 0.717) is 6.54 Å². The van der Waals surface area contributed by atoms with Gasteiger partial charge in [0.25, 0.3) is 0 Å². The van der Waals surface area contributed by atoms with Gasteiger partial charge in [-0.1, -0.05) is 30.3 Å². The maximum atomic E-state index is 4.86. The highest BCUT2D eigenvalue weighted by molar-refractivity contribution is 5.90. The normalized spacial score (nSPS) is 11.0. The number of hydrogen-bond acceptors (Lipinski definition) is 4. The Morgan fingerprint density at radius 1 is 0.893 bits per heavy atom. The Morgan fingerprint density at radius 3 is 2.68 bits per heavy atom. The molecular weight excluding hydrogens is 348 g/mol. The average molecular weight is 366 g/mol. The molecule has 6 nitrogen and oxygen atoms in total. The van der Waals surface area contributed by atoms with E-state index in [1.54, 1.807) is 12.4 Å². The fourth-order valence-corrected chi connectivity index (χ4v) is 3.25. The molecule has 0 radical (unpaired) electrons. The van der Waals surface area contributed by atoms with Crippen LogP contribution >= 0.6 is 0 Å². The molecule has 0 spiro atoms. The second kappa shape index (κ2) is 7.00. The number of aromatic nitrogens is 5. The van der Waals surface area contributed by atoms with E-state index < -0.39 is 0 Å². The van der Waals surface area contributed by atoms with E-state index in [9.17, 15) is 0 Å². The average Bonchev–Trinajstić information content (AvgIpc) is 3.40. The van der Waals surface area contributed by atoms with E-state index in [1.165, 1.54) is 0 Å². The van der Waals surface area contributed by atoms with E-state index in [-0.39, 0.29) is 0 Å². The fraction of sp³-hybridized carbons (Fsp3) is 0.0455. The van der Waals surface area contributed by atoms with E-state index in [2.05, 4.69) is 26.4 Å². The third-order valence-electron chi connectivity index (χ3n) is 4.60. The summed E-state index contributed by atoms with van der Waals surface area (Å²) in [4.78, 5) is 12.4. The minimum absolute atomic E-state index is 0.692. The summed E-state index contributed by atoms with van der Waals surface area (Å²) in [6.45, 7) is 0.692. The number of H-pyrrole nitrogens is 1. The van der Waals surface area contributed by atoms with Gasteiger partial charge < -0.3 is 10.3 Å². The molecule has 0 aliphatic carbocycles. The largest absolute Gasteiger partial charge is 0.379 e. The predicted octanol–water partition coefficient (Wildman–Crippen LogP) is 4.42. The van der Waals surface area contributed by atoms with Gasteiger partial charge in [-0.25, -0.2) is 9.67 Å². The summed E-state index contributed by atoms with van der Waals surface area (Å²) >= 11 is 0. The number of imidazole rings is 1. The van der Waals surface area contributed by atoms with Crippen molar-refractivity contribution in [3.05, 3.63) is 90.9 Å². The van der Waals surface area contributed by atoms with Crippen molar-refractivity contribution in [2.24, 2.45) is 0 Å². The van der Waals surface area contributed by atoms with E-state index in [1.807, 2.05) is 71.5 Å². The van der Waals surface area contributed by atoms with Gasteiger partial charge in [-0.2, -0.15) is 5.10 Å². The SMILES string of the molecule is c1ccc(-n2nccc2-c2nc3c(NCc4cccnc4)cccc3[nH]2)cc1. The summed E-state index contributed by atoms with van der Waals surface area (Å²) in [7, 11) is 0. The van der Waals surface area contributed by atoms with Gasteiger partial charge in [-0.3, -0.25) is 4.98 Å². The highest BCUT2D eigenvalue weighted by Gasteiger charge is 2.13. The van der Waals surface area contributed by atoms with Crippen LogP contribution in [0.5, 0.6) is 0 Å². The van der Waals surface area contributed by atoms with Crippen LogP contribution in [0.1, 0.15) is 5.56 Å². The van der Waals surface area contributed by atoms with Gasteiger partial charge in [0.1, 0.15) is 11.2 Å². The summed E-state index contributed by atoms with van der Waals surface area (Å²) in [5, 5.41) is 7.93. The maximum Gasteiger partial charge on any atom is 0.157 e. The first-order chi connectivity index (χ1) is 13.9. The molecular formula is C22H18N6. The molecule has 3 heterocycles. The Kier molecular flexibility index (Phi) is 4.06. The summed E-state index contributed by atoms with van der Waals surface area (Å²) in [5.41, 5.74) is 5.90. The quantitative estimate of drug-likeness (QED) is 0.483. The van der Waals surface area contributed by atoms with Crippen LogP contribution in [-0.2, 0) is 6.54 Å². The van der Waals surface area contributed by atoms with Gasteiger partial charge in [-0.15, -0.1) is 0 Å². The lowest BCUT2D eigenvalue weighted by Crippen LogP contribution is -2.00. The zero-order valence-electron chi connectivity index (χ0n) is 15.1. The highest BCUT2D eigenvalue weighted by atomic mass is 15.3. The maximum absolute atomic E-state index is 4.86. The summed E-state index contributed by atoms with van der Waals surface area (Å²) < 4.78 is 1.89. The molecule has 6 heteroatoms. The van der Waals surface area contributed by atoms with Crippen LogP contribution in [0.2, 0.25) is 0 Å². The van der Waals surface area contributed by atoms with Crippen LogP contribution in [0.15, 0.2) is 85.3 Å². The van der Waals surface area contributed by atoms with Crippen LogP contribution in [0.3, 0.4) is 0 Å². The van der Waals surface area contributed by atoms with Crippen molar-refractivity contribution in [1.82, 2.24) is 24.7 Å². The van der Waals surface area contributed by atoms with Gasteiger partial charge in [-0.05, 0) is 42.0 Å². The molecule has 2 N–H and O–H groups in total. The second-order valence-electron chi connectivity index (χ2n) is 6.47. The zero-order chi connectivity index (χ0) is 18.8. The lowest BCUT2D eigenvalue weighted by molar-refractivity contribution is 0.882. The number of rotatable bonds is 5. The van der Waals surface area contributed by atoms with Crippen molar-refractivity contribution in [1.29, 1.82) is 0 Å². The minimum atomic E-state index is 0.692. The molecule has 3 aromatic heterocycles.